The summed E-state index contributed by atoms with van der Waals surface area (Å²) < 4.78 is 0. The Hall–Kier alpha value is -3.44. The second kappa shape index (κ2) is 8.24. The Kier molecular flexibility index (Phi) is 4.96. The number of hydrogen-bond acceptors (Lipinski definition) is 4. The van der Waals surface area contributed by atoms with Crippen molar-refractivity contribution in [1.82, 2.24) is 19.9 Å². The highest BCUT2D eigenvalue weighted by Crippen LogP contribution is 2.35. The molecule has 1 aliphatic carbocycles. The number of aromatic amines is 1. The average molecular weight is 422 g/mol. The zero-order chi connectivity index (χ0) is 21.3. The van der Waals surface area contributed by atoms with Crippen molar-refractivity contribution in [3.05, 3.63) is 84.0 Å². The number of H-pyrrole nitrogens is 1. The van der Waals surface area contributed by atoms with Crippen molar-refractivity contribution in [2.75, 3.05) is 31.5 Å². The molecule has 160 valence electrons. The molecule has 32 heavy (non-hydrogen) atoms. The summed E-state index contributed by atoms with van der Waals surface area (Å²) in [6.45, 7) is 4.48. The molecular formula is C27H27N5. The number of anilines is 1. The third kappa shape index (κ3) is 3.69. The molecule has 0 radical (unpaired) electrons. The van der Waals surface area contributed by atoms with E-state index in [9.17, 15) is 0 Å². The van der Waals surface area contributed by atoms with E-state index in [2.05, 4.69) is 68.7 Å². The van der Waals surface area contributed by atoms with Gasteiger partial charge in [0, 0.05) is 60.3 Å². The van der Waals surface area contributed by atoms with E-state index in [4.69, 9.17) is 4.98 Å². The largest absolute Gasteiger partial charge is 0.369 e. The Balaban J connectivity index is 1.20. The van der Waals surface area contributed by atoms with E-state index in [1.807, 2.05) is 18.6 Å². The van der Waals surface area contributed by atoms with Crippen molar-refractivity contribution in [1.29, 1.82) is 0 Å². The number of rotatable bonds is 6. The van der Waals surface area contributed by atoms with E-state index in [1.165, 1.54) is 53.5 Å². The van der Waals surface area contributed by atoms with E-state index >= 15 is 0 Å². The van der Waals surface area contributed by atoms with Crippen LogP contribution >= 0.6 is 0 Å². The van der Waals surface area contributed by atoms with Crippen molar-refractivity contribution >= 4 is 22.3 Å². The Morgan fingerprint density at radius 3 is 2.66 bits per heavy atom. The molecule has 5 nitrogen and oxygen atoms in total. The van der Waals surface area contributed by atoms with Crippen LogP contribution in [0.3, 0.4) is 0 Å². The molecule has 1 aliphatic heterocycles. The molecule has 3 aromatic heterocycles. The van der Waals surface area contributed by atoms with Crippen molar-refractivity contribution in [3.8, 4) is 11.1 Å². The van der Waals surface area contributed by atoms with Gasteiger partial charge in [0.25, 0.3) is 0 Å². The van der Waals surface area contributed by atoms with Crippen molar-refractivity contribution in [2.45, 2.75) is 19.3 Å². The van der Waals surface area contributed by atoms with Crippen LogP contribution in [0.15, 0.2) is 67.1 Å². The number of nitrogens with zero attached hydrogens (tertiary/aromatic N) is 3. The van der Waals surface area contributed by atoms with Crippen LogP contribution in [0, 0.1) is 0 Å². The maximum Gasteiger partial charge on any atom is 0.125 e. The van der Waals surface area contributed by atoms with Gasteiger partial charge in [0.05, 0.1) is 5.69 Å². The molecule has 1 fully saturated rings. The summed E-state index contributed by atoms with van der Waals surface area (Å²) in [7, 11) is 0. The van der Waals surface area contributed by atoms with Crippen molar-refractivity contribution < 1.29 is 0 Å². The minimum Gasteiger partial charge on any atom is -0.369 e. The summed E-state index contributed by atoms with van der Waals surface area (Å²) in [5, 5.41) is 4.69. The lowest BCUT2D eigenvalue weighted by atomic mass is 9.97. The van der Waals surface area contributed by atoms with Gasteiger partial charge in [-0.3, -0.25) is 4.98 Å². The van der Waals surface area contributed by atoms with E-state index in [0.717, 1.165) is 42.1 Å². The monoisotopic (exact) mass is 421 g/mol. The van der Waals surface area contributed by atoms with Crippen LogP contribution in [0.4, 0.5) is 5.82 Å². The Morgan fingerprint density at radius 1 is 0.906 bits per heavy atom. The van der Waals surface area contributed by atoms with Crippen LogP contribution in [-0.4, -0.2) is 46.0 Å². The van der Waals surface area contributed by atoms with E-state index < -0.39 is 0 Å². The number of allylic oxidation sites excluding steroid dienone is 1. The highest BCUT2D eigenvalue weighted by molar-refractivity contribution is 5.90. The van der Waals surface area contributed by atoms with Gasteiger partial charge < -0.3 is 15.2 Å². The second-order valence-corrected chi connectivity index (χ2v) is 8.73. The topological polar surface area (TPSA) is 56.8 Å². The Labute approximate surface area is 188 Å². The number of benzene rings is 1. The van der Waals surface area contributed by atoms with E-state index in [1.54, 1.807) is 0 Å². The van der Waals surface area contributed by atoms with E-state index in [-0.39, 0.29) is 0 Å². The van der Waals surface area contributed by atoms with Gasteiger partial charge in [0.15, 0.2) is 0 Å². The smallest absolute Gasteiger partial charge is 0.125 e. The van der Waals surface area contributed by atoms with Gasteiger partial charge in [-0.05, 0) is 78.9 Å². The zero-order valence-corrected chi connectivity index (χ0v) is 18.1. The number of nitrogens with one attached hydrogen (secondary N) is 2. The normalized spacial score (nSPS) is 15.8. The van der Waals surface area contributed by atoms with Gasteiger partial charge >= 0.3 is 0 Å². The fraction of sp³-hybridized carbons (Fsp3) is 0.259. The lowest BCUT2D eigenvalue weighted by molar-refractivity contribution is 0.352. The first-order valence-corrected chi connectivity index (χ1v) is 11.5. The molecule has 0 spiro atoms. The molecular weight excluding hydrogens is 394 g/mol. The molecule has 0 unspecified atom stereocenters. The molecule has 5 heteroatoms. The van der Waals surface area contributed by atoms with Gasteiger partial charge in [-0.15, -0.1) is 0 Å². The molecule has 6 rings (SSSR count). The minimum absolute atomic E-state index is 0.883. The predicted octanol–water partition coefficient (Wildman–Crippen LogP) is 5.12. The summed E-state index contributed by atoms with van der Waals surface area (Å²) in [4.78, 5) is 15.2. The number of hydrogen-bond donors (Lipinski definition) is 2. The van der Waals surface area contributed by atoms with Gasteiger partial charge in [-0.25, -0.2) is 4.98 Å². The molecule has 1 aromatic carbocycles. The highest BCUT2D eigenvalue weighted by atomic mass is 15.2. The van der Waals surface area contributed by atoms with Gasteiger partial charge in [0.2, 0.25) is 0 Å². The average Bonchev–Trinajstić information content (AvgIpc) is 3.59. The van der Waals surface area contributed by atoms with Crippen molar-refractivity contribution in [3.63, 3.8) is 0 Å². The first-order chi connectivity index (χ1) is 15.8. The third-order valence-electron chi connectivity index (χ3n) is 6.65. The second-order valence-electron chi connectivity index (χ2n) is 8.73. The van der Waals surface area contributed by atoms with Crippen LogP contribution in [0.2, 0.25) is 0 Å². The third-order valence-corrected chi connectivity index (χ3v) is 6.65. The Bertz CT molecular complexity index is 1280. The molecule has 2 N–H and O–H groups in total. The molecule has 0 bridgehead atoms. The molecule has 1 saturated heterocycles. The molecule has 0 atom stereocenters. The number of fused-ring (bicyclic) bond motifs is 2. The fourth-order valence-corrected chi connectivity index (χ4v) is 4.87. The maximum absolute atomic E-state index is 4.77. The summed E-state index contributed by atoms with van der Waals surface area (Å²) in [5.41, 5.74) is 8.25. The first-order valence-electron chi connectivity index (χ1n) is 11.5. The summed E-state index contributed by atoms with van der Waals surface area (Å²) in [6.07, 6.45) is 11.8. The van der Waals surface area contributed by atoms with Crippen LogP contribution in [-0.2, 0) is 6.42 Å². The van der Waals surface area contributed by atoms with Crippen LogP contribution in [0.1, 0.15) is 29.7 Å². The summed E-state index contributed by atoms with van der Waals surface area (Å²) >= 11 is 0. The van der Waals surface area contributed by atoms with Gasteiger partial charge in [0.1, 0.15) is 5.82 Å². The maximum atomic E-state index is 4.77. The molecule has 4 heterocycles. The molecule has 2 aliphatic rings. The van der Waals surface area contributed by atoms with Crippen LogP contribution < -0.4 is 5.32 Å². The number of pyridine rings is 2. The lowest BCUT2D eigenvalue weighted by Gasteiger charge is -2.15. The minimum atomic E-state index is 0.883. The quantitative estimate of drug-likeness (QED) is 0.454. The Morgan fingerprint density at radius 2 is 1.78 bits per heavy atom. The zero-order valence-electron chi connectivity index (χ0n) is 18.1. The SMILES string of the molecule is C1=C(c2ccc3[nH]ccc3c2)c2cc(-c3ccc(NCCN4CCCC4)nc3)cnc2C1. The number of likely N-dealkylation sites (tertiary alicyclic amines) is 1. The highest BCUT2D eigenvalue weighted by Gasteiger charge is 2.18. The van der Waals surface area contributed by atoms with Gasteiger partial charge in [-0.2, -0.15) is 0 Å². The lowest BCUT2D eigenvalue weighted by Crippen LogP contribution is -2.26. The fourth-order valence-electron chi connectivity index (χ4n) is 4.87. The number of aromatic nitrogens is 3. The van der Waals surface area contributed by atoms with E-state index in [0.29, 0.717) is 0 Å². The van der Waals surface area contributed by atoms with Crippen molar-refractivity contribution in [2.24, 2.45) is 0 Å². The summed E-state index contributed by atoms with van der Waals surface area (Å²) in [6, 6.07) is 15.2. The van der Waals surface area contributed by atoms with Gasteiger partial charge in [-0.1, -0.05) is 12.1 Å². The standard InChI is InChI=1S/C27H27N5/c1-2-13-32(12-1)14-11-29-27-8-4-21(17-31-27)22-16-24-23(5-7-26(24)30-18-22)19-3-6-25-20(15-19)9-10-28-25/h3-6,8-10,15-18,28H,1-2,7,11-14H2,(H,29,31). The van der Waals surface area contributed by atoms with Crippen LogP contribution in [0.5, 0.6) is 0 Å². The molecule has 0 amide bonds. The van der Waals surface area contributed by atoms with Crippen LogP contribution in [0.25, 0.3) is 27.6 Å². The summed E-state index contributed by atoms with van der Waals surface area (Å²) in [5.74, 6) is 0.933. The molecule has 4 aromatic rings. The first kappa shape index (κ1) is 19.3. The predicted molar refractivity (Wildman–Crippen MR) is 131 cm³/mol. The molecule has 0 saturated carbocycles.